The Morgan fingerprint density at radius 1 is 1.53 bits per heavy atom. The molecule has 0 saturated carbocycles. The molecule has 0 bridgehead atoms. The second-order valence-electron chi connectivity index (χ2n) is 3.53. The summed E-state index contributed by atoms with van der Waals surface area (Å²) in [5.41, 5.74) is 5.97. The van der Waals surface area contributed by atoms with Gasteiger partial charge in [-0.15, -0.1) is 0 Å². The van der Waals surface area contributed by atoms with Crippen LogP contribution < -0.4 is 11.1 Å². The zero-order valence-corrected chi connectivity index (χ0v) is 9.78. The molecule has 2 aromatic rings. The molecule has 9 nitrogen and oxygen atoms in total. The minimum atomic E-state index is -0.566. The number of hydrogen-bond donors (Lipinski definition) is 2. The molecule has 3 N–H and O–H groups in total. The first-order chi connectivity index (χ1) is 9.02. The number of benzene rings is 1. The summed E-state index contributed by atoms with van der Waals surface area (Å²) in [5.74, 6) is -0.628. The standard InChI is InChI=1S/C10H9N5O4/c1-12-9(16)8-13-10(19-14-8)6-3-2-5(15(17)18)4-7(6)11/h2-4H,11H2,1H3,(H,12,16). The van der Waals surface area contributed by atoms with Gasteiger partial charge in [0.2, 0.25) is 0 Å². The number of nitrogens with two attached hydrogens (primary N) is 1. The smallest absolute Gasteiger partial charge is 0.292 e. The van der Waals surface area contributed by atoms with Crippen molar-refractivity contribution in [3.8, 4) is 11.5 Å². The largest absolute Gasteiger partial charge is 0.398 e. The number of nitrogen functional groups attached to an aromatic ring is 1. The van der Waals surface area contributed by atoms with E-state index in [9.17, 15) is 14.9 Å². The molecule has 0 atom stereocenters. The molecule has 1 aromatic heterocycles. The van der Waals surface area contributed by atoms with Crippen LogP contribution in [0.4, 0.5) is 11.4 Å². The number of carbonyl (C=O) groups excluding carboxylic acids is 1. The lowest BCUT2D eigenvalue weighted by molar-refractivity contribution is -0.384. The molecule has 0 fully saturated rings. The molecule has 1 amide bonds. The zero-order valence-electron chi connectivity index (χ0n) is 9.78. The second-order valence-corrected chi connectivity index (χ2v) is 3.53. The van der Waals surface area contributed by atoms with Gasteiger partial charge in [0.1, 0.15) is 0 Å². The Morgan fingerprint density at radius 3 is 2.84 bits per heavy atom. The highest BCUT2D eigenvalue weighted by molar-refractivity contribution is 5.90. The number of non-ortho nitro benzene ring substituents is 1. The third-order valence-corrected chi connectivity index (χ3v) is 2.33. The van der Waals surface area contributed by atoms with Gasteiger partial charge in [0.15, 0.2) is 0 Å². The van der Waals surface area contributed by atoms with Crippen molar-refractivity contribution >= 4 is 17.3 Å². The summed E-state index contributed by atoms with van der Waals surface area (Å²) < 4.78 is 4.88. The Hall–Kier alpha value is -2.97. The van der Waals surface area contributed by atoms with Crippen LogP contribution in [0.1, 0.15) is 10.6 Å². The van der Waals surface area contributed by atoms with Crippen LogP contribution in [-0.2, 0) is 0 Å². The van der Waals surface area contributed by atoms with Crippen molar-refractivity contribution in [3.05, 3.63) is 34.1 Å². The molecule has 9 heteroatoms. The van der Waals surface area contributed by atoms with E-state index in [-0.39, 0.29) is 23.1 Å². The Morgan fingerprint density at radius 2 is 2.26 bits per heavy atom. The molecule has 0 spiro atoms. The maximum Gasteiger partial charge on any atom is 0.292 e. The van der Waals surface area contributed by atoms with Crippen LogP contribution >= 0.6 is 0 Å². The van der Waals surface area contributed by atoms with E-state index in [4.69, 9.17) is 10.3 Å². The number of aromatic nitrogens is 2. The monoisotopic (exact) mass is 263 g/mol. The molecule has 0 aliphatic carbocycles. The van der Waals surface area contributed by atoms with Gasteiger partial charge in [-0.2, -0.15) is 4.98 Å². The topological polar surface area (TPSA) is 137 Å². The Kier molecular flexibility index (Phi) is 3.10. The minimum Gasteiger partial charge on any atom is -0.398 e. The summed E-state index contributed by atoms with van der Waals surface area (Å²) in [4.78, 5) is 25.1. The summed E-state index contributed by atoms with van der Waals surface area (Å²) >= 11 is 0. The first kappa shape index (κ1) is 12.5. The normalized spacial score (nSPS) is 10.2. The van der Waals surface area contributed by atoms with Crippen molar-refractivity contribution in [2.75, 3.05) is 12.8 Å². The number of nitrogens with one attached hydrogen (secondary N) is 1. The fourth-order valence-electron chi connectivity index (χ4n) is 1.40. The predicted octanol–water partition coefficient (Wildman–Crippen LogP) is 0.587. The summed E-state index contributed by atoms with van der Waals surface area (Å²) in [6.45, 7) is 0. The van der Waals surface area contributed by atoms with Crippen molar-refractivity contribution in [3.63, 3.8) is 0 Å². The summed E-state index contributed by atoms with van der Waals surface area (Å²) in [5, 5.41) is 16.4. The van der Waals surface area contributed by atoms with E-state index in [2.05, 4.69) is 15.5 Å². The number of hydrogen-bond acceptors (Lipinski definition) is 7. The SMILES string of the molecule is CNC(=O)c1noc(-c2ccc([N+](=O)[O-])cc2N)n1. The van der Waals surface area contributed by atoms with Crippen LogP contribution in [0.3, 0.4) is 0 Å². The molecule has 98 valence electrons. The van der Waals surface area contributed by atoms with E-state index in [0.29, 0.717) is 5.56 Å². The van der Waals surface area contributed by atoms with Gasteiger partial charge in [-0.1, -0.05) is 5.16 Å². The molecule has 2 rings (SSSR count). The van der Waals surface area contributed by atoms with Crippen molar-refractivity contribution in [2.45, 2.75) is 0 Å². The molecule has 0 saturated heterocycles. The van der Waals surface area contributed by atoms with E-state index in [1.807, 2.05) is 0 Å². The van der Waals surface area contributed by atoms with E-state index < -0.39 is 10.8 Å². The van der Waals surface area contributed by atoms with Gasteiger partial charge >= 0.3 is 0 Å². The van der Waals surface area contributed by atoms with Crippen molar-refractivity contribution in [2.24, 2.45) is 0 Å². The predicted molar refractivity (Wildman–Crippen MR) is 64.2 cm³/mol. The number of anilines is 1. The van der Waals surface area contributed by atoms with Gasteiger partial charge in [0.05, 0.1) is 16.2 Å². The molecule has 19 heavy (non-hydrogen) atoms. The van der Waals surface area contributed by atoms with Gasteiger partial charge < -0.3 is 15.6 Å². The highest BCUT2D eigenvalue weighted by atomic mass is 16.6. The fraction of sp³-hybridized carbons (Fsp3) is 0.100. The number of amides is 1. The first-order valence-corrected chi connectivity index (χ1v) is 5.13. The molecular weight excluding hydrogens is 254 g/mol. The Bertz CT molecular complexity index is 651. The molecule has 0 radical (unpaired) electrons. The highest BCUT2D eigenvalue weighted by Gasteiger charge is 2.17. The lowest BCUT2D eigenvalue weighted by atomic mass is 10.1. The van der Waals surface area contributed by atoms with Gasteiger partial charge in [-0.3, -0.25) is 14.9 Å². The van der Waals surface area contributed by atoms with Crippen LogP contribution in [0.5, 0.6) is 0 Å². The number of nitro groups is 1. The molecule has 0 unspecified atom stereocenters. The van der Waals surface area contributed by atoms with E-state index in [1.165, 1.54) is 25.2 Å². The van der Waals surface area contributed by atoms with Gasteiger partial charge in [-0.25, -0.2) is 0 Å². The lowest BCUT2D eigenvalue weighted by Gasteiger charge is -1.99. The van der Waals surface area contributed by atoms with E-state index >= 15 is 0 Å². The van der Waals surface area contributed by atoms with Gasteiger partial charge in [0.25, 0.3) is 23.3 Å². The van der Waals surface area contributed by atoms with Crippen LogP contribution in [-0.4, -0.2) is 28.0 Å². The number of nitro benzene ring substituents is 1. The fourth-order valence-corrected chi connectivity index (χ4v) is 1.40. The quantitative estimate of drug-likeness (QED) is 0.469. The molecule has 0 aliphatic heterocycles. The summed E-state index contributed by atoms with van der Waals surface area (Å²) in [7, 11) is 1.43. The van der Waals surface area contributed by atoms with Crippen LogP contribution in [0.15, 0.2) is 22.7 Å². The van der Waals surface area contributed by atoms with Crippen molar-refractivity contribution in [1.82, 2.24) is 15.5 Å². The maximum atomic E-state index is 11.3. The van der Waals surface area contributed by atoms with Crippen molar-refractivity contribution in [1.29, 1.82) is 0 Å². The molecular formula is C10H9N5O4. The summed E-state index contributed by atoms with van der Waals surface area (Å²) in [6.07, 6.45) is 0. The van der Waals surface area contributed by atoms with E-state index in [1.54, 1.807) is 0 Å². The third kappa shape index (κ3) is 2.34. The van der Waals surface area contributed by atoms with Gasteiger partial charge in [-0.05, 0) is 6.07 Å². The van der Waals surface area contributed by atoms with Crippen LogP contribution in [0.25, 0.3) is 11.5 Å². The molecule has 1 heterocycles. The highest BCUT2D eigenvalue weighted by Crippen LogP contribution is 2.27. The third-order valence-electron chi connectivity index (χ3n) is 2.33. The molecule has 1 aromatic carbocycles. The van der Waals surface area contributed by atoms with Crippen LogP contribution in [0.2, 0.25) is 0 Å². The summed E-state index contributed by atoms with van der Waals surface area (Å²) in [6, 6.07) is 3.82. The van der Waals surface area contributed by atoms with E-state index in [0.717, 1.165) is 0 Å². The number of rotatable bonds is 3. The average molecular weight is 263 g/mol. The Labute approximate surface area is 106 Å². The average Bonchev–Trinajstić information content (AvgIpc) is 2.87. The van der Waals surface area contributed by atoms with Crippen molar-refractivity contribution < 1.29 is 14.2 Å². The van der Waals surface area contributed by atoms with Gasteiger partial charge in [0, 0.05) is 19.2 Å². The second kappa shape index (κ2) is 4.72. The van der Waals surface area contributed by atoms with Crippen LogP contribution in [0, 0.1) is 10.1 Å². The number of carbonyl (C=O) groups is 1. The molecule has 0 aliphatic rings. The Balaban J connectivity index is 2.39. The first-order valence-electron chi connectivity index (χ1n) is 5.13. The minimum absolute atomic E-state index is 0.0194. The zero-order chi connectivity index (χ0) is 14.0. The lowest BCUT2D eigenvalue weighted by Crippen LogP contribution is -2.19. The number of nitrogens with zero attached hydrogens (tertiary/aromatic N) is 3. The maximum absolute atomic E-state index is 11.3.